The molecule has 2 heterocycles. The molecule has 0 radical (unpaired) electrons. The van der Waals surface area contributed by atoms with Crippen LogP contribution in [0.25, 0.3) is 10.9 Å². The Morgan fingerprint density at radius 3 is 2.63 bits per heavy atom. The third kappa shape index (κ3) is 2.89. The van der Waals surface area contributed by atoms with Gasteiger partial charge in [-0.3, -0.25) is 19.9 Å². The summed E-state index contributed by atoms with van der Waals surface area (Å²) in [5.41, 5.74) is 0.971. The molecule has 3 N–H and O–H groups in total. The lowest BCUT2D eigenvalue weighted by Gasteiger charge is -2.21. The monoisotopic (exact) mass is 360 g/mol. The summed E-state index contributed by atoms with van der Waals surface area (Å²) in [4.78, 5) is 40.7. The van der Waals surface area contributed by atoms with Gasteiger partial charge in [0.1, 0.15) is 5.54 Å². The summed E-state index contributed by atoms with van der Waals surface area (Å²) in [5.74, 6) is -0.740. The molecule has 7 heteroatoms. The Kier molecular flexibility index (Phi) is 3.84. The fraction of sp³-hybridized carbons (Fsp3) is 0.100. The van der Waals surface area contributed by atoms with E-state index in [4.69, 9.17) is 0 Å². The Morgan fingerprint density at radius 1 is 1.07 bits per heavy atom. The predicted molar refractivity (Wildman–Crippen MR) is 100 cm³/mol. The molecule has 1 saturated heterocycles. The van der Waals surface area contributed by atoms with Gasteiger partial charge in [-0.2, -0.15) is 0 Å². The molecule has 7 nitrogen and oxygen atoms in total. The third-order valence-electron chi connectivity index (χ3n) is 4.62. The molecule has 1 unspecified atom stereocenters. The number of aromatic nitrogens is 1. The minimum Gasteiger partial charge on any atom is -0.322 e. The molecule has 0 bridgehead atoms. The number of amides is 4. The van der Waals surface area contributed by atoms with Crippen LogP contribution in [-0.2, 0) is 10.3 Å². The zero-order valence-corrected chi connectivity index (χ0v) is 14.4. The zero-order chi connectivity index (χ0) is 19.0. The van der Waals surface area contributed by atoms with Crippen molar-refractivity contribution in [2.24, 2.45) is 0 Å². The van der Waals surface area contributed by atoms with Crippen LogP contribution in [0, 0.1) is 0 Å². The van der Waals surface area contributed by atoms with E-state index >= 15 is 0 Å². The van der Waals surface area contributed by atoms with E-state index in [-0.39, 0.29) is 5.91 Å². The van der Waals surface area contributed by atoms with Crippen LogP contribution in [0.1, 0.15) is 22.8 Å². The number of para-hydroxylation sites is 1. The van der Waals surface area contributed by atoms with Crippen molar-refractivity contribution in [3.8, 4) is 0 Å². The Balaban J connectivity index is 1.65. The maximum atomic E-state index is 12.8. The van der Waals surface area contributed by atoms with E-state index < -0.39 is 17.5 Å². The molecule has 4 rings (SSSR count). The fourth-order valence-electron chi connectivity index (χ4n) is 3.14. The van der Waals surface area contributed by atoms with Crippen LogP contribution in [0.2, 0.25) is 0 Å². The number of nitrogens with zero attached hydrogens (tertiary/aromatic N) is 1. The van der Waals surface area contributed by atoms with E-state index in [1.54, 1.807) is 49.5 Å². The molecule has 1 atom stereocenters. The smallest absolute Gasteiger partial charge is 0.322 e. The lowest BCUT2D eigenvalue weighted by molar-refractivity contribution is -0.123. The molecule has 1 fully saturated rings. The number of carbonyl (C=O) groups is 3. The molecule has 0 aliphatic carbocycles. The van der Waals surface area contributed by atoms with Gasteiger partial charge in [-0.1, -0.05) is 30.3 Å². The Hall–Kier alpha value is -3.74. The first-order chi connectivity index (χ1) is 13.0. The third-order valence-corrected chi connectivity index (χ3v) is 4.62. The van der Waals surface area contributed by atoms with Crippen LogP contribution in [0.4, 0.5) is 10.5 Å². The summed E-state index contributed by atoms with van der Waals surface area (Å²) in [6.07, 6.45) is 1.64. The van der Waals surface area contributed by atoms with Crippen molar-refractivity contribution in [3.63, 3.8) is 0 Å². The quantitative estimate of drug-likeness (QED) is 0.625. The van der Waals surface area contributed by atoms with Crippen LogP contribution in [0.5, 0.6) is 0 Å². The predicted octanol–water partition coefficient (Wildman–Crippen LogP) is 2.54. The van der Waals surface area contributed by atoms with Crippen LogP contribution in [0.3, 0.4) is 0 Å². The van der Waals surface area contributed by atoms with Gasteiger partial charge in [-0.05, 0) is 36.8 Å². The highest BCUT2D eigenvalue weighted by Crippen LogP contribution is 2.27. The first-order valence-electron chi connectivity index (χ1n) is 8.36. The van der Waals surface area contributed by atoms with Crippen LogP contribution < -0.4 is 16.0 Å². The van der Waals surface area contributed by atoms with E-state index in [0.717, 1.165) is 5.39 Å². The standard InChI is InChI=1S/C20H16N4O3/c1-20(18(26)23-19(27)24-20)13-7-3-8-14(11-13)22-17(25)15-9-2-5-12-6-4-10-21-16(12)15/h2-11H,1H3,(H,22,25)(H2,23,24,26,27). The van der Waals surface area contributed by atoms with Gasteiger partial charge in [-0.15, -0.1) is 0 Å². The molecule has 3 aromatic rings. The number of carbonyl (C=O) groups excluding carboxylic acids is 3. The highest BCUT2D eigenvalue weighted by atomic mass is 16.2. The van der Waals surface area contributed by atoms with Crippen LogP contribution in [0.15, 0.2) is 60.8 Å². The average Bonchev–Trinajstić information content (AvgIpc) is 2.94. The first kappa shape index (κ1) is 16.7. The van der Waals surface area contributed by atoms with E-state index in [1.165, 1.54) is 0 Å². The number of anilines is 1. The van der Waals surface area contributed by atoms with Gasteiger partial charge in [0.25, 0.3) is 11.8 Å². The summed E-state index contributed by atoms with van der Waals surface area (Å²) < 4.78 is 0. The minimum absolute atomic E-state index is 0.304. The topological polar surface area (TPSA) is 100 Å². The number of benzene rings is 2. The summed E-state index contributed by atoms with van der Waals surface area (Å²) in [5, 5.41) is 8.54. The van der Waals surface area contributed by atoms with Crippen molar-refractivity contribution in [2.75, 3.05) is 5.32 Å². The molecule has 1 aliphatic rings. The molecule has 134 valence electrons. The summed E-state index contributed by atoms with van der Waals surface area (Å²) in [6, 6.07) is 15.4. The molecule has 27 heavy (non-hydrogen) atoms. The Labute approximate surface area is 154 Å². The van der Waals surface area contributed by atoms with Gasteiger partial charge >= 0.3 is 6.03 Å². The minimum atomic E-state index is -1.18. The highest BCUT2D eigenvalue weighted by molar-refractivity contribution is 6.12. The molecule has 1 aromatic heterocycles. The van der Waals surface area contributed by atoms with Gasteiger partial charge in [-0.25, -0.2) is 4.79 Å². The summed E-state index contributed by atoms with van der Waals surface area (Å²) in [7, 11) is 0. The number of hydrogen-bond acceptors (Lipinski definition) is 4. The summed E-state index contributed by atoms with van der Waals surface area (Å²) in [6.45, 7) is 1.61. The molecule has 4 amide bonds. The van der Waals surface area contributed by atoms with E-state index in [9.17, 15) is 14.4 Å². The van der Waals surface area contributed by atoms with Crippen molar-refractivity contribution in [1.82, 2.24) is 15.6 Å². The molecule has 0 saturated carbocycles. The number of urea groups is 1. The Morgan fingerprint density at radius 2 is 1.85 bits per heavy atom. The van der Waals surface area contributed by atoms with Gasteiger partial charge in [0.2, 0.25) is 0 Å². The molecular weight excluding hydrogens is 344 g/mol. The van der Waals surface area contributed by atoms with Gasteiger partial charge < -0.3 is 10.6 Å². The maximum absolute atomic E-state index is 12.8. The van der Waals surface area contributed by atoms with Crippen molar-refractivity contribution >= 4 is 34.4 Å². The van der Waals surface area contributed by atoms with Crippen LogP contribution in [-0.4, -0.2) is 22.8 Å². The first-order valence-corrected chi connectivity index (χ1v) is 8.36. The second kappa shape index (κ2) is 6.21. The van der Waals surface area contributed by atoms with Crippen LogP contribution >= 0.6 is 0 Å². The van der Waals surface area contributed by atoms with E-state index in [0.29, 0.717) is 22.3 Å². The second-order valence-corrected chi connectivity index (χ2v) is 6.45. The lowest BCUT2D eigenvalue weighted by atomic mass is 9.92. The van der Waals surface area contributed by atoms with Gasteiger partial charge in [0.15, 0.2) is 0 Å². The number of nitrogens with one attached hydrogen (secondary N) is 3. The number of fused-ring (bicyclic) bond motifs is 1. The normalized spacial score (nSPS) is 18.9. The molecule has 1 aliphatic heterocycles. The SMILES string of the molecule is CC1(c2cccc(NC(=O)c3cccc4cccnc34)c2)NC(=O)NC1=O. The summed E-state index contributed by atoms with van der Waals surface area (Å²) >= 11 is 0. The van der Waals surface area contributed by atoms with E-state index in [1.807, 2.05) is 18.2 Å². The maximum Gasteiger partial charge on any atom is 0.322 e. The second-order valence-electron chi connectivity index (χ2n) is 6.45. The molecule has 0 spiro atoms. The molecular formula is C20H16N4O3. The van der Waals surface area contributed by atoms with E-state index in [2.05, 4.69) is 20.9 Å². The van der Waals surface area contributed by atoms with Crippen molar-refractivity contribution in [3.05, 3.63) is 71.9 Å². The highest BCUT2D eigenvalue weighted by Gasteiger charge is 2.43. The van der Waals surface area contributed by atoms with Crippen molar-refractivity contribution in [2.45, 2.75) is 12.5 Å². The average molecular weight is 360 g/mol. The number of imide groups is 1. The number of pyridine rings is 1. The number of hydrogen-bond donors (Lipinski definition) is 3. The van der Waals surface area contributed by atoms with Gasteiger partial charge in [0.05, 0.1) is 11.1 Å². The van der Waals surface area contributed by atoms with Crippen molar-refractivity contribution < 1.29 is 14.4 Å². The van der Waals surface area contributed by atoms with Gasteiger partial charge in [0, 0.05) is 17.3 Å². The fourth-order valence-corrected chi connectivity index (χ4v) is 3.14. The zero-order valence-electron chi connectivity index (χ0n) is 14.4. The largest absolute Gasteiger partial charge is 0.322 e. The Bertz CT molecular complexity index is 1090. The molecule has 2 aromatic carbocycles. The van der Waals surface area contributed by atoms with Crippen molar-refractivity contribution in [1.29, 1.82) is 0 Å². The lowest BCUT2D eigenvalue weighted by Crippen LogP contribution is -2.40. The number of rotatable bonds is 3.